The maximum absolute atomic E-state index is 12.6. The van der Waals surface area contributed by atoms with E-state index in [2.05, 4.69) is 5.32 Å². The fourth-order valence-corrected chi connectivity index (χ4v) is 3.79. The number of nitrogens with one attached hydrogen (secondary N) is 1. The van der Waals surface area contributed by atoms with Gasteiger partial charge in [-0.1, -0.05) is 24.3 Å². The Labute approximate surface area is 191 Å². The number of para-hydroxylation sites is 1. The van der Waals surface area contributed by atoms with Gasteiger partial charge in [0.1, 0.15) is 17.1 Å². The van der Waals surface area contributed by atoms with E-state index in [1.54, 1.807) is 62.4 Å². The molecule has 2 aromatic carbocycles. The van der Waals surface area contributed by atoms with Crippen LogP contribution in [0.5, 0.6) is 11.5 Å². The molecule has 0 spiro atoms. The van der Waals surface area contributed by atoms with E-state index in [9.17, 15) is 14.4 Å². The molecule has 1 heterocycles. The lowest BCUT2D eigenvalue weighted by Crippen LogP contribution is -2.32. The first-order valence-electron chi connectivity index (χ1n) is 10.1. The highest BCUT2D eigenvalue weighted by Gasteiger charge is 2.37. The SMILES string of the molecule is COC(=O)C1=C(C)NC(C)=C(C(=O)OC)C1c1ccc(OC(=O)c2ccccc2OC)cc1. The van der Waals surface area contributed by atoms with Crippen molar-refractivity contribution < 1.29 is 33.3 Å². The summed E-state index contributed by atoms with van der Waals surface area (Å²) in [6, 6.07) is 13.3. The Balaban J connectivity index is 1.96. The van der Waals surface area contributed by atoms with Crippen LogP contribution in [-0.2, 0) is 19.1 Å². The number of carbonyl (C=O) groups is 3. The second-order valence-corrected chi connectivity index (χ2v) is 7.28. The van der Waals surface area contributed by atoms with Crippen LogP contribution < -0.4 is 14.8 Å². The molecule has 1 aliphatic rings. The Morgan fingerprint density at radius 1 is 0.758 bits per heavy atom. The van der Waals surface area contributed by atoms with Crippen molar-refractivity contribution in [1.82, 2.24) is 5.32 Å². The highest BCUT2D eigenvalue weighted by Crippen LogP contribution is 2.39. The molecule has 1 aliphatic heterocycles. The topological polar surface area (TPSA) is 100 Å². The molecule has 0 saturated carbocycles. The van der Waals surface area contributed by atoms with E-state index in [1.165, 1.54) is 21.3 Å². The summed E-state index contributed by atoms with van der Waals surface area (Å²) >= 11 is 0. The van der Waals surface area contributed by atoms with Crippen molar-refractivity contribution in [3.05, 3.63) is 82.2 Å². The Hall–Kier alpha value is -4.07. The molecule has 2 aromatic rings. The van der Waals surface area contributed by atoms with Crippen LogP contribution in [0.25, 0.3) is 0 Å². The molecule has 0 saturated heterocycles. The summed E-state index contributed by atoms with van der Waals surface area (Å²) in [5.41, 5.74) is 2.66. The van der Waals surface area contributed by atoms with Gasteiger partial charge in [0.15, 0.2) is 0 Å². The van der Waals surface area contributed by atoms with E-state index in [0.717, 1.165) is 0 Å². The number of carbonyl (C=O) groups excluding carboxylic acids is 3. The monoisotopic (exact) mass is 451 g/mol. The van der Waals surface area contributed by atoms with E-state index in [4.69, 9.17) is 18.9 Å². The van der Waals surface area contributed by atoms with Crippen molar-refractivity contribution in [3.8, 4) is 11.5 Å². The van der Waals surface area contributed by atoms with Crippen LogP contribution in [0, 0.1) is 0 Å². The molecular formula is C25H25NO7. The molecule has 0 aliphatic carbocycles. The number of methoxy groups -OCH3 is 3. The predicted molar refractivity (Wildman–Crippen MR) is 120 cm³/mol. The Morgan fingerprint density at radius 2 is 1.30 bits per heavy atom. The minimum absolute atomic E-state index is 0.292. The second-order valence-electron chi connectivity index (χ2n) is 7.28. The van der Waals surface area contributed by atoms with Crippen molar-refractivity contribution in [2.75, 3.05) is 21.3 Å². The largest absolute Gasteiger partial charge is 0.496 e. The summed E-state index contributed by atoms with van der Waals surface area (Å²) in [7, 11) is 4.04. The predicted octanol–water partition coefficient (Wildman–Crippen LogP) is 3.50. The van der Waals surface area contributed by atoms with Crippen LogP contribution in [0.4, 0.5) is 0 Å². The van der Waals surface area contributed by atoms with E-state index < -0.39 is 23.8 Å². The average molecular weight is 451 g/mol. The number of allylic oxidation sites excluding steroid dienone is 2. The summed E-state index contributed by atoms with van der Waals surface area (Å²) in [6.07, 6.45) is 0. The third-order valence-corrected chi connectivity index (χ3v) is 5.32. The second kappa shape index (κ2) is 10.0. The minimum Gasteiger partial charge on any atom is -0.496 e. The molecule has 0 unspecified atom stereocenters. The first-order valence-corrected chi connectivity index (χ1v) is 10.1. The van der Waals surface area contributed by atoms with E-state index >= 15 is 0 Å². The molecule has 0 fully saturated rings. The molecule has 0 atom stereocenters. The molecule has 3 rings (SSSR count). The fraction of sp³-hybridized carbons (Fsp3) is 0.240. The van der Waals surface area contributed by atoms with Gasteiger partial charge >= 0.3 is 17.9 Å². The van der Waals surface area contributed by atoms with Gasteiger partial charge < -0.3 is 24.3 Å². The van der Waals surface area contributed by atoms with Crippen molar-refractivity contribution in [3.63, 3.8) is 0 Å². The van der Waals surface area contributed by atoms with Crippen molar-refractivity contribution in [2.24, 2.45) is 0 Å². The molecule has 33 heavy (non-hydrogen) atoms. The lowest BCUT2D eigenvalue weighted by atomic mass is 9.80. The van der Waals surface area contributed by atoms with Crippen LogP contribution in [0.3, 0.4) is 0 Å². The number of dihydropyridines is 1. The lowest BCUT2D eigenvalue weighted by molar-refractivity contribution is -0.137. The van der Waals surface area contributed by atoms with Gasteiger partial charge in [-0.25, -0.2) is 14.4 Å². The zero-order valence-electron chi connectivity index (χ0n) is 19.1. The molecule has 0 bridgehead atoms. The first kappa shape index (κ1) is 23.6. The molecule has 0 amide bonds. The highest BCUT2D eigenvalue weighted by molar-refractivity contribution is 6.00. The van der Waals surface area contributed by atoms with Gasteiger partial charge in [0.25, 0.3) is 0 Å². The fourth-order valence-electron chi connectivity index (χ4n) is 3.79. The van der Waals surface area contributed by atoms with Crippen LogP contribution in [0.1, 0.15) is 35.7 Å². The molecule has 8 heteroatoms. The van der Waals surface area contributed by atoms with Gasteiger partial charge in [-0.2, -0.15) is 0 Å². The zero-order chi connectivity index (χ0) is 24.1. The summed E-state index contributed by atoms with van der Waals surface area (Å²) in [5, 5.41) is 3.05. The lowest BCUT2D eigenvalue weighted by Gasteiger charge is -2.30. The molecule has 8 nitrogen and oxygen atoms in total. The van der Waals surface area contributed by atoms with Gasteiger partial charge in [-0.3, -0.25) is 0 Å². The quantitative estimate of drug-likeness (QED) is 0.526. The van der Waals surface area contributed by atoms with Gasteiger partial charge in [0.05, 0.1) is 38.4 Å². The maximum atomic E-state index is 12.6. The Bertz CT molecular complexity index is 1110. The number of ether oxygens (including phenoxy) is 4. The Kier molecular flexibility index (Phi) is 7.17. The summed E-state index contributed by atoms with van der Waals surface area (Å²) in [5.74, 6) is -1.72. The molecular weight excluding hydrogens is 426 g/mol. The van der Waals surface area contributed by atoms with E-state index in [-0.39, 0.29) is 0 Å². The third-order valence-electron chi connectivity index (χ3n) is 5.32. The van der Waals surface area contributed by atoms with Gasteiger partial charge in [0, 0.05) is 11.4 Å². The van der Waals surface area contributed by atoms with Crippen LogP contribution in [-0.4, -0.2) is 39.2 Å². The van der Waals surface area contributed by atoms with Gasteiger partial charge in [-0.15, -0.1) is 0 Å². The third kappa shape index (κ3) is 4.74. The minimum atomic E-state index is -0.717. The smallest absolute Gasteiger partial charge is 0.347 e. The number of hydrogen-bond acceptors (Lipinski definition) is 8. The molecule has 1 N–H and O–H groups in total. The summed E-state index contributed by atoms with van der Waals surface area (Å²) in [6.45, 7) is 3.47. The van der Waals surface area contributed by atoms with Crippen LogP contribution in [0.2, 0.25) is 0 Å². The molecule has 0 aromatic heterocycles. The van der Waals surface area contributed by atoms with E-state index in [0.29, 0.717) is 45.2 Å². The van der Waals surface area contributed by atoms with Crippen molar-refractivity contribution >= 4 is 17.9 Å². The highest BCUT2D eigenvalue weighted by atomic mass is 16.5. The summed E-state index contributed by atoms with van der Waals surface area (Å²) < 4.78 is 20.6. The van der Waals surface area contributed by atoms with Gasteiger partial charge in [-0.05, 0) is 43.7 Å². The van der Waals surface area contributed by atoms with Crippen molar-refractivity contribution in [1.29, 1.82) is 0 Å². The number of benzene rings is 2. The normalized spacial score (nSPS) is 13.8. The van der Waals surface area contributed by atoms with Crippen LogP contribution >= 0.6 is 0 Å². The number of hydrogen-bond donors (Lipinski definition) is 1. The maximum Gasteiger partial charge on any atom is 0.347 e. The van der Waals surface area contributed by atoms with E-state index in [1.807, 2.05) is 0 Å². The standard InChI is InChI=1S/C25H25NO7/c1-14-20(24(28)31-4)22(21(15(2)26-14)25(29)32-5)16-10-12-17(13-11-16)33-23(27)18-8-6-7-9-19(18)30-3/h6-13,22,26H,1-5H3. The number of rotatable bonds is 6. The van der Waals surface area contributed by atoms with Gasteiger partial charge in [0.2, 0.25) is 0 Å². The number of esters is 3. The molecule has 0 radical (unpaired) electrons. The first-order chi connectivity index (χ1) is 15.8. The summed E-state index contributed by atoms with van der Waals surface area (Å²) in [4.78, 5) is 37.7. The van der Waals surface area contributed by atoms with Crippen LogP contribution in [0.15, 0.2) is 71.1 Å². The zero-order valence-corrected chi connectivity index (χ0v) is 19.1. The Morgan fingerprint density at radius 3 is 1.82 bits per heavy atom. The average Bonchev–Trinajstić information content (AvgIpc) is 2.83. The molecule has 172 valence electrons. The van der Waals surface area contributed by atoms with Crippen molar-refractivity contribution in [2.45, 2.75) is 19.8 Å².